The van der Waals surface area contributed by atoms with E-state index in [0.29, 0.717) is 12.1 Å². The van der Waals surface area contributed by atoms with Crippen LogP contribution in [0, 0.1) is 0 Å². The van der Waals surface area contributed by atoms with Crippen molar-refractivity contribution in [3.05, 3.63) is 59.2 Å². The van der Waals surface area contributed by atoms with Crippen LogP contribution >= 0.6 is 0 Å². The van der Waals surface area contributed by atoms with Gasteiger partial charge in [0.2, 0.25) is 0 Å². The van der Waals surface area contributed by atoms with Crippen molar-refractivity contribution >= 4 is 11.5 Å². The van der Waals surface area contributed by atoms with Gasteiger partial charge in [-0.3, -0.25) is 4.79 Å². The lowest BCUT2D eigenvalue weighted by atomic mass is 10.0. The number of carbonyl (C=O) groups is 1. The number of ether oxygens (including phenoxy) is 1. The van der Waals surface area contributed by atoms with Crippen molar-refractivity contribution in [1.29, 1.82) is 0 Å². The number of aryl methyl sites for hydroxylation is 1. The number of hydrogen-bond acceptors (Lipinski definition) is 3. The van der Waals surface area contributed by atoms with Crippen LogP contribution in [0.15, 0.2) is 42.5 Å². The smallest absolute Gasteiger partial charge is 0.163 e. The van der Waals surface area contributed by atoms with Crippen LogP contribution < -0.4 is 10.5 Å². The van der Waals surface area contributed by atoms with Gasteiger partial charge >= 0.3 is 0 Å². The van der Waals surface area contributed by atoms with Crippen LogP contribution in [0.25, 0.3) is 0 Å². The predicted octanol–water partition coefficient (Wildman–Crippen LogP) is 3.02. The number of benzene rings is 2. The van der Waals surface area contributed by atoms with Crippen LogP contribution in [0.5, 0.6) is 5.75 Å². The van der Waals surface area contributed by atoms with E-state index in [-0.39, 0.29) is 5.78 Å². The standard InChI is InChI=1S/C17H17NO2/c18-15-5-3-13(4-6-15)16(19)7-1-12-2-8-17-14(11-12)9-10-20-17/h2-6,8,11H,1,7,9-10,18H2. The van der Waals surface area contributed by atoms with Crippen molar-refractivity contribution in [2.75, 3.05) is 12.3 Å². The number of carbonyl (C=O) groups excluding carboxylic acids is 1. The SMILES string of the molecule is Nc1ccc(C(=O)CCc2ccc3c(c2)CCO3)cc1. The highest BCUT2D eigenvalue weighted by Crippen LogP contribution is 2.26. The van der Waals surface area contributed by atoms with E-state index < -0.39 is 0 Å². The lowest BCUT2D eigenvalue weighted by Crippen LogP contribution is -2.01. The van der Waals surface area contributed by atoms with E-state index >= 15 is 0 Å². The van der Waals surface area contributed by atoms with Crippen LogP contribution in [0.3, 0.4) is 0 Å². The summed E-state index contributed by atoms with van der Waals surface area (Å²) in [4.78, 5) is 12.1. The summed E-state index contributed by atoms with van der Waals surface area (Å²) in [6, 6.07) is 13.3. The molecule has 102 valence electrons. The fraction of sp³-hybridized carbons (Fsp3) is 0.235. The van der Waals surface area contributed by atoms with E-state index in [0.717, 1.165) is 30.8 Å². The molecule has 1 aliphatic rings. The van der Waals surface area contributed by atoms with Crippen molar-refractivity contribution in [3.8, 4) is 5.75 Å². The first-order chi connectivity index (χ1) is 9.72. The van der Waals surface area contributed by atoms with Gasteiger partial charge in [-0.1, -0.05) is 12.1 Å². The number of nitrogen functional groups attached to an aromatic ring is 1. The lowest BCUT2D eigenvalue weighted by Gasteiger charge is -2.04. The van der Waals surface area contributed by atoms with Crippen molar-refractivity contribution in [1.82, 2.24) is 0 Å². The van der Waals surface area contributed by atoms with Gasteiger partial charge in [-0.05, 0) is 47.9 Å². The van der Waals surface area contributed by atoms with Gasteiger partial charge in [-0.25, -0.2) is 0 Å². The Morgan fingerprint density at radius 3 is 2.75 bits per heavy atom. The van der Waals surface area contributed by atoms with Crippen molar-refractivity contribution < 1.29 is 9.53 Å². The Morgan fingerprint density at radius 1 is 1.15 bits per heavy atom. The van der Waals surface area contributed by atoms with E-state index in [1.807, 2.05) is 12.1 Å². The van der Waals surface area contributed by atoms with E-state index in [1.54, 1.807) is 24.3 Å². The molecule has 0 aromatic heterocycles. The molecule has 0 radical (unpaired) electrons. The average molecular weight is 267 g/mol. The van der Waals surface area contributed by atoms with Gasteiger partial charge in [-0.2, -0.15) is 0 Å². The molecule has 2 N–H and O–H groups in total. The second-order valence-electron chi connectivity index (χ2n) is 5.09. The molecule has 0 spiro atoms. The van der Waals surface area contributed by atoms with Crippen LogP contribution in [-0.2, 0) is 12.8 Å². The second-order valence-corrected chi connectivity index (χ2v) is 5.09. The van der Waals surface area contributed by atoms with Crippen LogP contribution in [0.2, 0.25) is 0 Å². The van der Waals surface area contributed by atoms with Gasteiger partial charge in [0.05, 0.1) is 6.61 Å². The summed E-state index contributed by atoms with van der Waals surface area (Å²) in [6.07, 6.45) is 2.25. The number of hydrogen-bond donors (Lipinski definition) is 1. The molecule has 0 saturated heterocycles. The maximum absolute atomic E-state index is 12.1. The third-order valence-electron chi connectivity index (χ3n) is 3.63. The Kier molecular flexibility index (Phi) is 3.42. The van der Waals surface area contributed by atoms with Gasteiger partial charge in [0.1, 0.15) is 5.75 Å². The molecule has 0 bridgehead atoms. The first-order valence-corrected chi connectivity index (χ1v) is 6.86. The average Bonchev–Trinajstić information content (AvgIpc) is 2.93. The molecule has 3 nitrogen and oxygen atoms in total. The van der Waals surface area contributed by atoms with Crippen molar-refractivity contribution in [2.45, 2.75) is 19.3 Å². The molecule has 0 amide bonds. The monoisotopic (exact) mass is 267 g/mol. The quantitative estimate of drug-likeness (QED) is 0.684. The zero-order valence-electron chi connectivity index (χ0n) is 11.3. The molecule has 3 rings (SSSR count). The molecule has 2 aromatic carbocycles. The first-order valence-electron chi connectivity index (χ1n) is 6.86. The molecule has 2 aromatic rings. The highest BCUT2D eigenvalue weighted by Gasteiger charge is 2.12. The third-order valence-corrected chi connectivity index (χ3v) is 3.63. The zero-order chi connectivity index (χ0) is 13.9. The Balaban J connectivity index is 1.64. The van der Waals surface area contributed by atoms with Crippen LogP contribution in [0.1, 0.15) is 27.9 Å². The highest BCUT2D eigenvalue weighted by molar-refractivity contribution is 5.96. The topological polar surface area (TPSA) is 52.3 Å². The Bertz CT molecular complexity index is 632. The number of ketones is 1. The molecule has 20 heavy (non-hydrogen) atoms. The van der Waals surface area contributed by atoms with Crippen LogP contribution in [0.4, 0.5) is 5.69 Å². The highest BCUT2D eigenvalue weighted by atomic mass is 16.5. The number of rotatable bonds is 4. The normalized spacial score (nSPS) is 12.8. The molecule has 0 fully saturated rings. The van der Waals surface area contributed by atoms with Crippen molar-refractivity contribution in [3.63, 3.8) is 0 Å². The summed E-state index contributed by atoms with van der Waals surface area (Å²) < 4.78 is 5.48. The first kappa shape index (κ1) is 12.7. The molecular formula is C17H17NO2. The van der Waals surface area contributed by atoms with E-state index in [4.69, 9.17) is 10.5 Å². The molecule has 0 unspecified atom stereocenters. The Labute approximate surface area is 118 Å². The molecule has 0 aliphatic carbocycles. The maximum atomic E-state index is 12.1. The molecule has 1 aliphatic heterocycles. The second kappa shape index (κ2) is 5.37. The summed E-state index contributed by atoms with van der Waals surface area (Å²) in [7, 11) is 0. The minimum atomic E-state index is 0.154. The number of Topliss-reactive ketones (excluding diaryl/α,β-unsaturated/α-hetero) is 1. The molecular weight excluding hydrogens is 250 g/mol. The minimum Gasteiger partial charge on any atom is -0.493 e. The summed E-state index contributed by atoms with van der Waals surface area (Å²) >= 11 is 0. The summed E-state index contributed by atoms with van der Waals surface area (Å²) in [6.45, 7) is 0.767. The fourth-order valence-corrected chi connectivity index (χ4v) is 2.47. The maximum Gasteiger partial charge on any atom is 0.163 e. The minimum absolute atomic E-state index is 0.154. The number of fused-ring (bicyclic) bond motifs is 1. The van der Waals surface area contributed by atoms with Gasteiger partial charge in [-0.15, -0.1) is 0 Å². The van der Waals surface area contributed by atoms with Crippen molar-refractivity contribution in [2.24, 2.45) is 0 Å². The third kappa shape index (κ3) is 2.67. The lowest BCUT2D eigenvalue weighted by molar-refractivity contribution is 0.0983. The molecule has 1 heterocycles. The number of nitrogens with two attached hydrogens (primary N) is 1. The summed E-state index contributed by atoms with van der Waals surface area (Å²) in [5.74, 6) is 1.14. The summed E-state index contributed by atoms with van der Waals surface area (Å²) in [5.41, 5.74) is 9.47. The van der Waals surface area contributed by atoms with Gasteiger partial charge in [0, 0.05) is 24.1 Å². The van der Waals surface area contributed by atoms with E-state index in [2.05, 4.69) is 6.07 Å². The predicted molar refractivity (Wildman–Crippen MR) is 79.1 cm³/mol. The van der Waals surface area contributed by atoms with E-state index in [9.17, 15) is 4.79 Å². The van der Waals surface area contributed by atoms with Gasteiger partial charge in [0.25, 0.3) is 0 Å². The zero-order valence-corrected chi connectivity index (χ0v) is 11.3. The fourth-order valence-electron chi connectivity index (χ4n) is 2.47. The molecule has 0 atom stereocenters. The van der Waals surface area contributed by atoms with Gasteiger partial charge < -0.3 is 10.5 Å². The summed E-state index contributed by atoms with van der Waals surface area (Å²) in [5, 5.41) is 0. The van der Waals surface area contributed by atoms with Crippen LogP contribution in [-0.4, -0.2) is 12.4 Å². The Hall–Kier alpha value is -2.29. The molecule has 3 heteroatoms. The Morgan fingerprint density at radius 2 is 1.95 bits per heavy atom. The van der Waals surface area contributed by atoms with Gasteiger partial charge in [0.15, 0.2) is 5.78 Å². The largest absolute Gasteiger partial charge is 0.493 e. The van der Waals surface area contributed by atoms with E-state index in [1.165, 1.54) is 11.1 Å². The number of anilines is 1. The molecule has 0 saturated carbocycles.